The van der Waals surface area contributed by atoms with E-state index in [-0.39, 0.29) is 11.6 Å². The highest BCUT2D eigenvalue weighted by atomic mass is 32.1. The molecule has 9 heteroatoms. The molecule has 0 radical (unpaired) electrons. The molecule has 0 aliphatic carbocycles. The molecule has 0 saturated carbocycles. The summed E-state index contributed by atoms with van der Waals surface area (Å²) in [7, 11) is 0. The minimum Gasteiger partial charge on any atom is -0.383 e. The van der Waals surface area contributed by atoms with Gasteiger partial charge in [0.05, 0.1) is 5.39 Å². The first kappa shape index (κ1) is 15.9. The number of aromatic nitrogens is 2. The third-order valence-electron chi connectivity index (χ3n) is 2.71. The van der Waals surface area contributed by atoms with Gasteiger partial charge in [0.15, 0.2) is 5.82 Å². The second-order valence-corrected chi connectivity index (χ2v) is 5.48. The number of thiophene rings is 1. The Morgan fingerprint density at radius 1 is 1.38 bits per heavy atom. The van der Waals surface area contributed by atoms with Crippen molar-refractivity contribution >= 4 is 27.4 Å². The van der Waals surface area contributed by atoms with Crippen LogP contribution in [0.25, 0.3) is 10.2 Å². The lowest BCUT2D eigenvalue weighted by Crippen LogP contribution is -2.32. The van der Waals surface area contributed by atoms with Crippen LogP contribution in [0.4, 0.5) is 23.4 Å². The zero-order valence-corrected chi connectivity index (χ0v) is 11.9. The van der Waals surface area contributed by atoms with Gasteiger partial charge in [-0.15, -0.1) is 11.3 Å². The fourth-order valence-corrected chi connectivity index (χ4v) is 2.61. The summed E-state index contributed by atoms with van der Waals surface area (Å²) in [6.45, 7) is 0.184. The van der Waals surface area contributed by atoms with Gasteiger partial charge in [0.2, 0.25) is 0 Å². The van der Waals surface area contributed by atoms with Crippen molar-refractivity contribution in [1.29, 1.82) is 0 Å². The van der Waals surface area contributed by atoms with Crippen LogP contribution >= 0.6 is 11.3 Å². The highest BCUT2D eigenvalue weighted by Gasteiger charge is 2.41. The van der Waals surface area contributed by atoms with E-state index in [0.29, 0.717) is 10.2 Å². The molecule has 0 aromatic carbocycles. The summed E-state index contributed by atoms with van der Waals surface area (Å²) < 4.78 is 53.9. The summed E-state index contributed by atoms with van der Waals surface area (Å²) in [5.74, 6) is -3.88. The number of hydrogen-bond donors (Lipinski definition) is 1. The Labute approximate surface area is 121 Å². The van der Waals surface area contributed by atoms with Crippen molar-refractivity contribution in [3.8, 4) is 0 Å². The van der Waals surface area contributed by atoms with Gasteiger partial charge in [-0.25, -0.2) is 18.7 Å². The van der Waals surface area contributed by atoms with Gasteiger partial charge in [0.1, 0.15) is 23.9 Å². The summed E-state index contributed by atoms with van der Waals surface area (Å²) in [6.07, 6.45) is -2.96. The lowest BCUT2D eigenvalue weighted by molar-refractivity contribution is -0.168. The molecule has 4 nitrogen and oxygen atoms in total. The number of nitrogens with two attached hydrogens (primary N) is 1. The second kappa shape index (κ2) is 6.10. The number of anilines is 1. The quantitative estimate of drug-likeness (QED) is 0.829. The molecule has 2 N–H and O–H groups in total. The van der Waals surface area contributed by atoms with Gasteiger partial charge in [-0.05, 0) is 12.5 Å². The number of ether oxygens (including phenoxy) is 1. The van der Waals surface area contributed by atoms with Gasteiger partial charge in [0, 0.05) is 4.88 Å². The van der Waals surface area contributed by atoms with E-state index in [2.05, 4.69) is 14.7 Å². The van der Waals surface area contributed by atoms with Gasteiger partial charge >= 0.3 is 12.3 Å². The Morgan fingerprint density at radius 2 is 2.10 bits per heavy atom. The molecular weight excluding hydrogens is 310 g/mol. The highest BCUT2D eigenvalue weighted by molar-refractivity contribution is 7.18. The van der Waals surface area contributed by atoms with Crippen LogP contribution in [0.1, 0.15) is 17.6 Å². The standard InChI is InChI=1S/C12H13F4N3OS/c1-2-6-3-7-9(17)18-8(19-10(7)21-6)4-20-5-12(15,16)11(13)14/h3,11H,2,4-5H2,1H3,(H2,17,18,19). The SMILES string of the molecule is CCc1cc2c(N)nc(COCC(F)(F)C(F)F)nc2s1. The van der Waals surface area contributed by atoms with Crippen molar-refractivity contribution in [2.45, 2.75) is 32.3 Å². The van der Waals surface area contributed by atoms with Gasteiger partial charge in [0.25, 0.3) is 0 Å². The van der Waals surface area contributed by atoms with E-state index in [4.69, 9.17) is 5.73 Å². The van der Waals surface area contributed by atoms with Crippen molar-refractivity contribution in [1.82, 2.24) is 9.97 Å². The molecule has 0 aliphatic heterocycles. The van der Waals surface area contributed by atoms with Crippen LogP contribution in [-0.2, 0) is 17.8 Å². The van der Waals surface area contributed by atoms with E-state index in [1.54, 1.807) is 0 Å². The van der Waals surface area contributed by atoms with Crippen LogP contribution in [0.2, 0.25) is 0 Å². The van der Waals surface area contributed by atoms with Crippen LogP contribution in [-0.4, -0.2) is 28.9 Å². The Hall–Kier alpha value is -1.48. The molecule has 2 rings (SSSR count). The van der Waals surface area contributed by atoms with Crippen LogP contribution in [0.3, 0.4) is 0 Å². The topological polar surface area (TPSA) is 61.0 Å². The average Bonchev–Trinajstić information content (AvgIpc) is 2.82. The van der Waals surface area contributed by atoms with Crippen LogP contribution in [0.5, 0.6) is 0 Å². The second-order valence-electron chi connectivity index (χ2n) is 4.36. The number of nitrogen functional groups attached to an aromatic ring is 1. The molecule has 2 heterocycles. The molecule has 0 spiro atoms. The van der Waals surface area contributed by atoms with Crippen molar-refractivity contribution in [2.24, 2.45) is 0 Å². The summed E-state index contributed by atoms with van der Waals surface area (Å²) in [4.78, 5) is 9.76. The summed E-state index contributed by atoms with van der Waals surface area (Å²) in [6, 6.07) is 1.87. The maximum atomic E-state index is 12.7. The Kier molecular flexibility index (Phi) is 4.62. The fourth-order valence-electron chi connectivity index (χ4n) is 1.62. The fraction of sp³-hybridized carbons (Fsp3) is 0.500. The first-order valence-electron chi connectivity index (χ1n) is 6.12. The van der Waals surface area contributed by atoms with Crippen molar-refractivity contribution in [3.63, 3.8) is 0 Å². The van der Waals surface area contributed by atoms with Crippen molar-refractivity contribution < 1.29 is 22.3 Å². The predicted molar refractivity (Wildman–Crippen MR) is 71.8 cm³/mol. The van der Waals surface area contributed by atoms with Crippen LogP contribution in [0.15, 0.2) is 6.07 Å². The molecular formula is C12H13F4N3OS. The maximum Gasteiger partial charge on any atom is 0.330 e. The smallest absolute Gasteiger partial charge is 0.330 e. The monoisotopic (exact) mass is 323 g/mol. The van der Waals surface area contributed by atoms with Gasteiger partial charge < -0.3 is 10.5 Å². The molecule has 2 aromatic rings. The number of rotatable bonds is 6. The summed E-state index contributed by atoms with van der Waals surface area (Å²) in [5.41, 5.74) is 5.76. The van der Waals surface area contributed by atoms with Crippen LogP contribution in [0, 0.1) is 0 Å². The molecule has 0 fully saturated rings. The third-order valence-corrected chi connectivity index (χ3v) is 3.89. The van der Waals surface area contributed by atoms with E-state index < -0.39 is 25.6 Å². The molecule has 2 aromatic heterocycles. The van der Waals surface area contributed by atoms with E-state index >= 15 is 0 Å². The Morgan fingerprint density at radius 3 is 2.71 bits per heavy atom. The minimum absolute atomic E-state index is 0.0922. The molecule has 116 valence electrons. The van der Waals surface area contributed by atoms with E-state index in [1.807, 2.05) is 13.0 Å². The lowest BCUT2D eigenvalue weighted by Gasteiger charge is -2.14. The lowest BCUT2D eigenvalue weighted by atomic mass is 10.3. The minimum atomic E-state index is -4.19. The number of nitrogens with zero attached hydrogens (tertiary/aromatic N) is 2. The van der Waals surface area contributed by atoms with Crippen LogP contribution < -0.4 is 5.73 Å². The number of halogens is 4. The Balaban J connectivity index is 2.09. The highest BCUT2D eigenvalue weighted by Crippen LogP contribution is 2.28. The average molecular weight is 323 g/mol. The molecule has 0 aliphatic rings. The third kappa shape index (κ3) is 3.59. The predicted octanol–water partition coefficient (Wildman–Crippen LogP) is 3.25. The number of hydrogen-bond acceptors (Lipinski definition) is 5. The molecule has 0 saturated heterocycles. The number of aryl methyl sites for hydroxylation is 1. The van der Waals surface area contributed by atoms with Gasteiger partial charge in [-0.1, -0.05) is 6.92 Å². The number of alkyl halides is 4. The largest absolute Gasteiger partial charge is 0.383 e. The molecule has 0 bridgehead atoms. The van der Waals surface area contributed by atoms with Crippen molar-refractivity contribution in [3.05, 3.63) is 16.8 Å². The normalized spacial score (nSPS) is 12.5. The first-order valence-corrected chi connectivity index (χ1v) is 6.93. The molecule has 0 amide bonds. The molecule has 21 heavy (non-hydrogen) atoms. The van der Waals surface area contributed by atoms with Gasteiger partial charge in [-0.3, -0.25) is 0 Å². The van der Waals surface area contributed by atoms with E-state index in [9.17, 15) is 17.6 Å². The van der Waals surface area contributed by atoms with Crippen molar-refractivity contribution in [2.75, 3.05) is 12.3 Å². The zero-order valence-electron chi connectivity index (χ0n) is 11.1. The maximum absolute atomic E-state index is 12.7. The summed E-state index contributed by atoms with van der Waals surface area (Å²) >= 11 is 1.41. The van der Waals surface area contributed by atoms with Gasteiger partial charge in [-0.2, -0.15) is 8.78 Å². The Bertz CT molecular complexity index is 632. The number of fused-ring (bicyclic) bond motifs is 1. The van der Waals surface area contributed by atoms with E-state index in [1.165, 1.54) is 11.3 Å². The first-order chi connectivity index (χ1) is 9.83. The zero-order chi connectivity index (χ0) is 15.6. The van der Waals surface area contributed by atoms with E-state index in [0.717, 1.165) is 11.3 Å². The molecule has 0 unspecified atom stereocenters. The molecule has 0 atom stereocenters. The summed E-state index contributed by atoms with van der Waals surface area (Å²) in [5, 5.41) is 0.693.